The predicted molar refractivity (Wildman–Crippen MR) is 115 cm³/mol. The summed E-state index contributed by atoms with van der Waals surface area (Å²) in [4.78, 5) is 20.8. The average molecular weight is 501 g/mol. The van der Waals surface area contributed by atoms with E-state index in [1.54, 1.807) is 12.3 Å². The minimum absolute atomic E-state index is 0.0363. The topological polar surface area (TPSA) is 77.9 Å². The monoisotopic (exact) mass is 500 g/mol. The first kappa shape index (κ1) is 21.1. The van der Waals surface area contributed by atoms with Crippen molar-refractivity contribution < 1.29 is 18.3 Å². The molecule has 0 N–H and O–H groups in total. The molecule has 0 aliphatic heterocycles. The molecule has 32 heavy (non-hydrogen) atoms. The minimum Gasteiger partial charge on any atom is -0.463 e. The van der Waals surface area contributed by atoms with E-state index in [-0.39, 0.29) is 28.4 Å². The number of aromatic nitrogens is 4. The molecule has 6 nitrogen and oxygen atoms in total. The van der Waals surface area contributed by atoms with Crippen LogP contribution >= 0.6 is 15.9 Å². The van der Waals surface area contributed by atoms with E-state index in [9.17, 15) is 13.6 Å². The Labute approximate surface area is 191 Å². The van der Waals surface area contributed by atoms with E-state index in [0.717, 1.165) is 24.1 Å². The number of halogens is 3. The Morgan fingerprint density at radius 3 is 2.59 bits per heavy atom. The summed E-state index contributed by atoms with van der Waals surface area (Å²) >= 11 is 3.56. The first-order chi connectivity index (χ1) is 15.2. The smallest absolute Gasteiger partial charge is 0.376 e. The third kappa shape index (κ3) is 2.63. The summed E-state index contributed by atoms with van der Waals surface area (Å²) in [7, 11) is 1.28. The molecule has 0 radical (unpaired) electrons. The van der Waals surface area contributed by atoms with Crippen molar-refractivity contribution in [2.45, 2.75) is 38.0 Å². The molecule has 0 spiro atoms. The predicted octanol–water partition coefficient (Wildman–Crippen LogP) is 4.96. The Bertz CT molecular complexity index is 1260. The maximum Gasteiger partial charge on any atom is 0.376 e. The van der Waals surface area contributed by atoms with Crippen molar-refractivity contribution >= 4 is 21.9 Å². The SMILES string of the molecule is COC(=O)c1ncc(Br)c([C@]23CC[C@@H](c4cc(-c5c(F)cccc5F)nnc42)C3(C)C)n1. The lowest BCUT2D eigenvalue weighted by atomic mass is 9.66. The maximum absolute atomic E-state index is 14.4. The molecule has 0 unspecified atom stereocenters. The van der Waals surface area contributed by atoms with E-state index >= 15 is 0 Å². The van der Waals surface area contributed by atoms with Gasteiger partial charge in [-0.25, -0.2) is 23.5 Å². The largest absolute Gasteiger partial charge is 0.463 e. The van der Waals surface area contributed by atoms with E-state index in [1.807, 2.05) is 0 Å². The van der Waals surface area contributed by atoms with Crippen molar-refractivity contribution in [2.24, 2.45) is 5.41 Å². The summed E-state index contributed by atoms with van der Waals surface area (Å²) in [5, 5.41) is 8.72. The van der Waals surface area contributed by atoms with Gasteiger partial charge < -0.3 is 4.74 Å². The molecule has 2 aliphatic rings. The molecule has 3 aromatic rings. The zero-order chi connectivity index (χ0) is 22.8. The highest BCUT2D eigenvalue weighted by molar-refractivity contribution is 9.10. The molecule has 1 saturated carbocycles. The van der Waals surface area contributed by atoms with Gasteiger partial charge in [-0.2, -0.15) is 5.10 Å². The van der Waals surface area contributed by atoms with Gasteiger partial charge in [-0.1, -0.05) is 19.9 Å². The molecule has 2 bridgehead atoms. The number of methoxy groups -OCH3 is 1. The number of ether oxygens (including phenoxy) is 1. The normalized spacial score (nSPS) is 22.6. The number of nitrogens with zero attached hydrogens (tertiary/aromatic N) is 4. The zero-order valence-corrected chi connectivity index (χ0v) is 19.2. The van der Waals surface area contributed by atoms with Gasteiger partial charge >= 0.3 is 5.97 Å². The summed E-state index contributed by atoms with van der Waals surface area (Å²) in [6.07, 6.45) is 3.13. The Morgan fingerprint density at radius 2 is 1.91 bits per heavy atom. The first-order valence-corrected chi connectivity index (χ1v) is 11.0. The van der Waals surface area contributed by atoms with Gasteiger partial charge in [0, 0.05) is 6.20 Å². The Kier molecular flexibility index (Phi) is 4.67. The van der Waals surface area contributed by atoms with Crippen LogP contribution in [0, 0.1) is 17.0 Å². The van der Waals surface area contributed by atoms with E-state index in [1.165, 1.54) is 25.3 Å². The molecule has 1 fully saturated rings. The van der Waals surface area contributed by atoms with Crippen LogP contribution in [0.3, 0.4) is 0 Å². The Morgan fingerprint density at radius 1 is 1.19 bits per heavy atom. The molecular weight excluding hydrogens is 482 g/mol. The fraction of sp³-hybridized carbons (Fsp3) is 0.348. The molecule has 2 aromatic heterocycles. The standard InChI is InChI=1S/C23H19BrF2N4O2/c1-22(2)12-7-8-23(22,19-13(24)10-27-20(28-19)21(31)32-3)18-11(12)9-16(29-30-18)17-14(25)5-4-6-15(17)26/h4-6,9-10,12H,7-8H2,1-3H3/t12-,23-/m0/s1. The highest BCUT2D eigenvalue weighted by Crippen LogP contribution is 2.70. The maximum atomic E-state index is 14.4. The van der Waals surface area contributed by atoms with Crippen LogP contribution in [-0.4, -0.2) is 33.2 Å². The van der Waals surface area contributed by atoms with Crippen LogP contribution in [0.25, 0.3) is 11.3 Å². The molecule has 9 heteroatoms. The van der Waals surface area contributed by atoms with Crippen LogP contribution < -0.4 is 0 Å². The van der Waals surface area contributed by atoms with Gasteiger partial charge in [-0.15, -0.1) is 5.10 Å². The van der Waals surface area contributed by atoms with E-state index in [2.05, 4.69) is 49.9 Å². The van der Waals surface area contributed by atoms with Gasteiger partial charge in [-0.05, 0) is 63.9 Å². The number of hydrogen-bond acceptors (Lipinski definition) is 6. The van der Waals surface area contributed by atoms with Crippen LogP contribution in [0.2, 0.25) is 0 Å². The fourth-order valence-corrected chi connectivity index (χ4v) is 6.10. The average Bonchev–Trinajstić information content (AvgIpc) is 3.14. The second-order valence-corrected chi connectivity index (χ2v) is 9.58. The van der Waals surface area contributed by atoms with Crippen molar-refractivity contribution in [1.29, 1.82) is 0 Å². The van der Waals surface area contributed by atoms with E-state index in [4.69, 9.17) is 4.74 Å². The van der Waals surface area contributed by atoms with Crippen molar-refractivity contribution in [3.05, 3.63) is 69.3 Å². The molecule has 164 valence electrons. The van der Waals surface area contributed by atoms with Crippen molar-refractivity contribution in [1.82, 2.24) is 20.2 Å². The van der Waals surface area contributed by atoms with Gasteiger partial charge in [0.1, 0.15) is 11.6 Å². The summed E-state index contributed by atoms with van der Waals surface area (Å²) in [6, 6.07) is 5.47. The van der Waals surface area contributed by atoms with E-state index < -0.39 is 23.0 Å². The van der Waals surface area contributed by atoms with Crippen LogP contribution in [0.1, 0.15) is 60.2 Å². The number of fused-ring (bicyclic) bond motifs is 5. The molecule has 1 aromatic carbocycles. The fourth-order valence-electron chi connectivity index (χ4n) is 5.57. The molecular formula is C23H19BrF2N4O2. The van der Waals surface area contributed by atoms with Gasteiger partial charge in [0.15, 0.2) is 0 Å². The number of benzene rings is 1. The molecule has 0 amide bonds. The summed E-state index contributed by atoms with van der Waals surface area (Å²) in [5.41, 5.74) is 1.26. The number of carbonyl (C=O) groups is 1. The van der Waals surface area contributed by atoms with Crippen LogP contribution in [0.5, 0.6) is 0 Å². The summed E-state index contributed by atoms with van der Waals surface area (Å²) in [5.74, 6) is -1.94. The van der Waals surface area contributed by atoms with Crippen molar-refractivity contribution in [3.63, 3.8) is 0 Å². The minimum atomic E-state index is -0.683. The number of carbonyl (C=O) groups excluding carboxylic acids is 1. The molecule has 2 atom stereocenters. The van der Waals surface area contributed by atoms with Crippen LogP contribution in [-0.2, 0) is 10.2 Å². The van der Waals surface area contributed by atoms with E-state index in [0.29, 0.717) is 10.2 Å². The second kappa shape index (κ2) is 7.10. The lowest BCUT2D eigenvalue weighted by molar-refractivity contribution is 0.0585. The molecule has 2 aliphatic carbocycles. The molecule has 5 rings (SSSR count). The third-order valence-corrected chi connectivity index (χ3v) is 7.70. The van der Waals surface area contributed by atoms with Crippen molar-refractivity contribution in [2.75, 3.05) is 7.11 Å². The lowest BCUT2D eigenvalue weighted by Crippen LogP contribution is -2.38. The van der Waals surface area contributed by atoms with Crippen LogP contribution in [0.15, 0.2) is 34.9 Å². The van der Waals surface area contributed by atoms with Crippen molar-refractivity contribution in [3.8, 4) is 11.3 Å². The zero-order valence-electron chi connectivity index (χ0n) is 17.6. The Hall–Kier alpha value is -2.81. The number of hydrogen-bond donors (Lipinski definition) is 0. The van der Waals surface area contributed by atoms with Gasteiger partial charge in [0.05, 0.1) is 39.6 Å². The second-order valence-electron chi connectivity index (χ2n) is 8.73. The van der Waals surface area contributed by atoms with Gasteiger partial charge in [0.25, 0.3) is 0 Å². The number of esters is 1. The Balaban J connectivity index is 1.73. The van der Waals surface area contributed by atoms with Crippen LogP contribution in [0.4, 0.5) is 8.78 Å². The van der Waals surface area contributed by atoms with Gasteiger partial charge in [0.2, 0.25) is 5.82 Å². The number of rotatable bonds is 3. The highest BCUT2D eigenvalue weighted by atomic mass is 79.9. The van der Waals surface area contributed by atoms with Gasteiger partial charge in [-0.3, -0.25) is 0 Å². The first-order valence-electron chi connectivity index (χ1n) is 10.2. The summed E-state index contributed by atoms with van der Waals surface area (Å²) in [6.45, 7) is 4.25. The molecule has 0 saturated heterocycles. The summed E-state index contributed by atoms with van der Waals surface area (Å²) < 4.78 is 34.3. The lowest BCUT2D eigenvalue weighted by Gasteiger charge is -2.37. The quantitative estimate of drug-likeness (QED) is 0.472. The molecule has 2 heterocycles. The highest BCUT2D eigenvalue weighted by Gasteiger charge is 2.65. The third-order valence-electron chi connectivity index (χ3n) is 7.12.